The zero-order valence-corrected chi connectivity index (χ0v) is 12.4. The summed E-state index contributed by atoms with van der Waals surface area (Å²) in [6.07, 6.45) is 0.884. The number of hydrogen-bond donors (Lipinski definition) is 3. The van der Waals surface area contributed by atoms with Crippen LogP contribution in [0.5, 0.6) is 0 Å². The predicted molar refractivity (Wildman–Crippen MR) is 73.3 cm³/mol. The zero-order valence-electron chi connectivity index (χ0n) is 12.4. The third kappa shape index (κ3) is 4.95. The number of methoxy groups -OCH3 is 1. The molecule has 6 heteroatoms. The molecule has 0 saturated carbocycles. The second kappa shape index (κ2) is 9.65. The summed E-state index contributed by atoms with van der Waals surface area (Å²) in [6.45, 7) is 2.35. The van der Waals surface area contributed by atoms with Gasteiger partial charge >= 0.3 is 0 Å². The Kier molecular flexibility index (Phi) is 8.60. The van der Waals surface area contributed by atoms with Crippen molar-refractivity contribution in [1.82, 2.24) is 0 Å². The molecule has 0 aromatic carbocycles. The summed E-state index contributed by atoms with van der Waals surface area (Å²) >= 11 is 0. The highest BCUT2D eigenvalue weighted by molar-refractivity contribution is 4.90. The van der Waals surface area contributed by atoms with Crippen molar-refractivity contribution in [1.29, 1.82) is 0 Å². The molecule has 0 aromatic rings. The molecule has 6 nitrogen and oxygen atoms in total. The fourth-order valence-corrected chi connectivity index (χ4v) is 2.38. The normalized spacial score (nSPS) is 34.4. The Balaban J connectivity index is 2.37. The summed E-state index contributed by atoms with van der Waals surface area (Å²) in [5.41, 5.74) is 0. The van der Waals surface area contributed by atoms with Gasteiger partial charge in [0.2, 0.25) is 0 Å². The van der Waals surface area contributed by atoms with Crippen LogP contribution in [0.15, 0.2) is 0 Å². The molecule has 5 atom stereocenters. The van der Waals surface area contributed by atoms with E-state index in [1.807, 2.05) is 0 Å². The van der Waals surface area contributed by atoms with E-state index >= 15 is 0 Å². The van der Waals surface area contributed by atoms with Gasteiger partial charge < -0.3 is 29.5 Å². The molecule has 0 bridgehead atoms. The van der Waals surface area contributed by atoms with E-state index in [9.17, 15) is 15.3 Å². The van der Waals surface area contributed by atoms with E-state index in [0.29, 0.717) is 6.61 Å². The fraction of sp³-hybridized carbons (Fsp3) is 1.00. The summed E-state index contributed by atoms with van der Waals surface area (Å²) in [4.78, 5) is 0. The number of aliphatic hydroxyl groups excluding tert-OH is 3. The summed E-state index contributed by atoms with van der Waals surface area (Å²) in [5.74, 6) is 0. The number of unbranched alkanes of at least 4 members (excludes halogenated alkanes) is 4. The summed E-state index contributed by atoms with van der Waals surface area (Å²) in [7, 11) is 1.38. The van der Waals surface area contributed by atoms with Crippen LogP contribution >= 0.6 is 0 Å². The van der Waals surface area contributed by atoms with E-state index < -0.39 is 30.7 Å². The van der Waals surface area contributed by atoms with Crippen LogP contribution in [-0.2, 0) is 14.2 Å². The zero-order chi connectivity index (χ0) is 15.0. The molecule has 1 fully saturated rings. The molecule has 0 aromatic heterocycles. The molecule has 1 rings (SSSR count). The standard InChI is InChI=1S/C14H28O6/c1-3-4-5-6-7-8-19-13-10(9-15)20-14(18-2)12(17)11(13)16/h10-17H,3-9H2,1-2H3/t10-,11-,12-,13-,14-/m1/s1. The predicted octanol–water partition coefficient (Wildman–Crippen LogP) is 0.427. The lowest BCUT2D eigenvalue weighted by atomic mass is 9.99. The Hall–Kier alpha value is -0.240. The summed E-state index contributed by atoms with van der Waals surface area (Å²) in [6, 6.07) is 0. The van der Waals surface area contributed by atoms with Crippen LogP contribution in [-0.4, -0.2) is 66.3 Å². The fourth-order valence-electron chi connectivity index (χ4n) is 2.38. The van der Waals surface area contributed by atoms with Crippen LogP contribution in [0.25, 0.3) is 0 Å². The van der Waals surface area contributed by atoms with E-state index in [1.165, 1.54) is 26.4 Å². The molecule has 20 heavy (non-hydrogen) atoms. The van der Waals surface area contributed by atoms with E-state index in [0.717, 1.165) is 12.8 Å². The maximum absolute atomic E-state index is 10.0. The lowest BCUT2D eigenvalue weighted by molar-refractivity contribution is -0.301. The first-order valence-electron chi connectivity index (χ1n) is 7.42. The van der Waals surface area contributed by atoms with Crippen molar-refractivity contribution in [3.63, 3.8) is 0 Å². The van der Waals surface area contributed by atoms with Crippen molar-refractivity contribution in [3.05, 3.63) is 0 Å². The largest absolute Gasteiger partial charge is 0.394 e. The van der Waals surface area contributed by atoms with Gasteiger partial charge in [0.15, 0.2) is 6.29 Å². The molecule has 1 aliphatic rings. The first-order valence-corrected chi connectivity index (χ1v) is 7.42. The monoisotopic (exact) mass is 292 g/mol. The van der Waals surface area contributed by atoms with Crippen molar-refractivity contribution >= 4 is 0 Å². The van der Waals surface area contributed by atoms with E-state index in [4.69, 9.17) is 14.2 Å². The first kappa shape index (κ1) is 17.8. The van der Waals surface area contributed by atoms with Gasteiger partial charge in [0, 0.05) is 13.7 Å². The highest BCUT2D eigenvalue weighted by Crippen LogP contribution is 2.24. The van der Waals surface area contributed by atoms with Crippen molar-refractivity contribution in [2.75, 3.05) is 20.3 Å². The molecule has 1 saturated heterocycles. The van der Waals surface area contributed by atoms with E-state index in [-0.39, 0.29) is 6.61 Å². The van der Waals surface area contributed by atoms with Gasteiger partial charge in [0.1, 0.15) is 24.4 Å². The molecule has 0 radical (unpaired) electrons. The van der Waals surface area contributed by atoms with Crippen LogP contribution < -0.4 is 0 Å². The van der Waals surface area contributed by atoms with Crippen molar-refractivity contribution in [3.8, 4) is 0 Å². The number of hydrogen-bond acceptors (Lipinski definition) is 6. The van der Waals surface area contributed by atoms with Crippen LogP contribution in [0.3, 0.4) is 0 Å². The SMILES string of the molecule is CCCCCCCO[C@H]1[C@H](O)[C@@H](O)[C@H](OC)O[C@@H]1CO. The topological polar surface area (TPSA) is 88.4 Å². The first-order chi connectivity index (χ1) is 9.65. The molecule has 3 N–H and O–H groups in total. The third-order valence-corrected chi connectivity index (χ3v) is 3.61. The summed E-state index contributed by atoms with van der Waals surface area (Å²) < 4.78 is 15.9. The molecule has 0 unspecified atom stereocenters. The minimum Gasteiger partial charge on any atom is -0.394 e. The molecule has 1 heterocycles. The number of aliphatic hydroxyl groups is 3. The van der Waals surface area contributed by atoms with Gasteiger partial charge in [-0.15, -0.1) is 0 Å². The number of rotatable bonds is 9. The average molecular weight is 292 g/mol. The number of ether oxygens (including phenoxy) is 3. The minimum absolute atomic E-state index is 0.288. The quantitative estimate of drug-likeness (QED) is 0.534. The Bertz CT molecular complexity index is 248. The van der Waals surface area contributed by atoms with Crippen LogP contribution in [0.4, 0.5) is 0 Å². The van der Waals surface area contributed by atoms with Crippen molar-refractivity contribution in [2.45, 2.75) is 69.7 Å². The van der Waals surface area contributed by atoms with E-state index in [1.54, 1.807) is 0 Å². The van der Waals surface area contributed by atoms with Crippen LogP contribution in [0, 0.1) is 0 Å². The van der Waals surface area contributed by atoms with Crippen molar-refractivity contribution < 1.29 is 29.5 Å². The molecule has 1 aliphatic heterocycles. The van der Waals surface area contributed by atoms with Gasteiger partial charge in [-0.25, -0.2) is 0 Å². The highest BCUT2D eigenvalue weighted by Gasteiger charge is 2.45. The van der Waals surface area contributed by atoms with Gasteiger partial charge in [0.05, 0.1) is 6.61 Å². The Morgan fingerprint density at radius 3 is 2.35 bits per heavy atom. The summed E-state index contributed by atoms with van der Waals surface area (Å²) in [5, 5.41) is 29.2. The Labute approximate surface area is 120 Å². The molecule has 0 spiro atoms. The Morgan fingerprint density at radius 1 is 1.05 bits per heavy atom. The van der Waals surface area contributed by atoms with E-state index in [2.05, 4.69) is 6.92 Å². The van der Waals surface area contributed by atoms with Gasteiger partial charge in [0.25, 0.3) is 0 Å². The molecule has 0 aliphatic carbocycles. The lowest BCUT2D eigenvalue weighted by Gasteiger charge is -2.41. The maximum Gasteiger partial charge on any atom is 0.186 e. The van der Waals surface area contributed by atoms with Crippen LogP contribution in [0.1, 0.15) is 39.0 Å². The maximum atomic E-state index is 10.0. The van der Waals surface area contributed by atoms with Crippen molar-refractivity contribution in [2.24, 2.45) is 0 Å². The smallest absolute Gasteiger partial charge is 0.186 e. The molecule has 0 amide bonds. The molecule has 120 valence electrons. The second-order valence-electron chi connectivity index (χ2n) is 5.19. The van der Waals surface area contributed by atoms with Gasteiger partial charge in [-0.2, -0.15) is 0 Å². The average Bonchev–Trinajstić information content (AvgIpc) is 2.47. The molecular formula is C14H28O6. The highest BCUT2D eigenvalue weighted by atomic mass is 16.7. The molecular weight excluding hydrogens is 264 g/mol. The van der Waals surface area contributed by atoms with Gasteiger partial charge in [-0.05, 0) is 6.42 Å². The van der Waals surface area contributed by atoms with Crippen LogP contribution in [0.2, 0.25) is 0 Å². The third-order valence-electron chi connectivity index (χ3n) is 3.61. The van der Waals surface area contributed by atoms with Gasteiger partial charge in [-0.3, -0.25) is 0 Å². The second-order valence-corrected chi connectivity index (χ2v) is 5.19. The minimum atomic E-state index is -1.17. The Morgan fingerprint density at radius 2 is 1.75 bits per heavy atom. The lowest BCUT2D eigenvalue weighted by Crippen LogP contribution is -2.59. The van der Waals surface area contributed by atoms with Gasteiger partial charge in [-0.1, -0.05) is 32.6 Å².